The number of hydrogen-bond acceptors (Lipinski definition) is 4. The molecule has 20 heavy (non-hydrogen) atoms. The lowest BCUT2D eigenvalue weighted by Gasteiger charge is -2.32. The van der Waals surface area contributed by atoms with Gasteiger partial charge in [-0.1, -0.05) is 12.1 Å². The van der Waals surface area contributed by atoms with Crippen molar-refractivity contribution in [3.8, 4) is 0 Å². The third kappa shape index (κ3) is 4.21. The molecule has 1 aliphatic rings. The monoisotopic (exact) mass is 279 g/mol. The van der Waals surface area contributed by atoms with E-state index in [1.165, 1.54) is 12.8 Å². The van der Waals surface area contributed by atoms with Crippen LogP contribution in [0.15, 0.2) is 9.52 Å². The number of nitrogens with one attached hydrogen (secondary N) is 1. The van der Waals surface area contributed by atoms with Gasteiger partial charge >= 0.3 is 0 Å². The average Bonchev–Trinajstić information content (AvgIpc) is 2.86. The first-order valence-electron chi connectivity index (χ1n) is 7.44. The minimum Gasteiger partial charge on any atom is -0.356 e. The quantitative estimate of drug-likeness (QED) is 0.515. The number of rotatable bonds is 4. The molecule has 0 bridgehead atoms. The van der Waals surface area contributed by atoms with E-state index in [1.807, 2.05) is 14.0 Å². The summed E-state index contributed by atoms with van der Waals surface area (Å²) in [6.45, 7) is 7.23. The van der Waals surface area contributed by atoms with Crippen molar-refractivity contribution in [3.63, 3.8) is 0 Å². The molecule has 0 atom stereocenters. The van der Waals surface area contributed by atoms with Crippen LogP contribution < -0.4 is 5.32 Å². The van der Waals surface area contributed by atoms with Crippen molar-refractivity contribution >= 4 is 5.96 Å². The summed E-state index contributed by atoms with van der Waals surface area (Å²) >= 11 is 0. The van der Waals surface area contributed by atoms with Gasteiger partial charge in [0, 0.05) is 33.1 Å². The number of aryl methyl sites for hydroxylation is 2. The van der Waals surface area contributed by atoms with Crippen molar-refractivity contribution in [1.29, 1.82) is 0 Å². The number of likely N-dealkylation sites (tertiary alicyclic amines) is 1. The van der Waals surface area contributed by atoms with Gasteiger partial charge in [0.1, 0.15) is 0 Å². The van der Waals surface area contributed by atoms with Crippen molar-refractivity contribution in [2.24, 2.45) is 10.9 Å². The number of nitrogens with zero attached hydrogens (tertiary/aromatic N) is 4. The highest BCUT2D eigenvalue weighted by Gasteiger charge is 2.18. The molecule has 0 aliphatic carbocycles. The van der Waals surface area contributed by atoms with Crippen LogP contribution in [0.1, 0.15) is 37.9 Å². The molecule has 1 aliphatic heterocycles. The molecule has 6 heteroatoms. The smallest absolute Gasteiger partial charge is 0.226 e. The summed E-state index contributed by atoms with van der Waals surface area (Å²) in [5.41, 5.74) is 0. The average molecular weight is 279 g/mol. The standard InChI is InChI=1S/C14H25N5O/c1-11-6-9-19(10-7-11)14(15-3)16-8-4-5-13-17-12(2)18-20-13/h11H,4-10H2,1-3H3,(H,15,16). The summed E-state index contributed by atoms with van der Waals surface area (Å²) in [6.07, 6.45) is 4.27. The molecule has 0 radical (unpaired) electrons. The highest BCUT2D eigenvalue weighted by molar-refractivity contribution is 5.79. The molecule has 2 rings (SSSR count). The number of guanidine groups is 1. The van der Waals surface area contributed by atoms with E-state index in [4.69, 9.17) is 4.52 Å². The lowest BCUT2D eigenvalue weighted by molar-refractivity contribution is 0.273. The van der Waals surface area contributed by atoms with Crippen molar-refractivity contribution in [1.82, 2.24) is 20.4 Å². The summed E-state index contributed by atoms with van der Waals surface area (Å²) < 4.78 is 5.10. The molecule has 6 nitrogen and oxygen atoms in total. The van der Waals surface area contributed by atoms with Gasteiger partial charge in [0.05, 0.1) is 0 Å². The molecule has 1 fully saturated rings. The van der Waals surface area contributed by atoms with Crippen molar-refractivity contribution < 1.29 is 4.52 Å². The Balaban J connectivity index is 1.69. The summed E-state index contributed by atoms with van der Waals surface area (Å²) in [6, 6.07) is 0. The van der Waals surface area contributed by atoms with Gasteiger partial charge in [0.2, 0.25) is 5.89 Å². The number of hydrogen-bond donors (Lipinski definition) is 1. The molecule has 1 aromatic rings. The number of aliphatic imine (C=N–C) groups is 1. The number of aromatic nitrogens is 2. The van der Waals surface area contributed by atoms with Gasteiger partial charge in [0.15, 0.2) is 11.8 Å². The first kappa shape index (κ1) is 14.8. The SMILES string of the molecule is CN=C(NCCCc1nc(C)no1)N1CCC(C)CC1. The zero-order valence-corrected chi connectivity index (χ0v) is 12.7. The molecule has 0 spiro atoms. The maximum atomic E-state index is 5.10. The Morgan fingerprint density at radius 1 is 1.45 bits per heavy atom. The minimum atomic E-state index is 0.700. The molecular formula is C14H25N5O. The molecule has 1 saturated heterocycles. The van der Waals surface area contributed by atoms with Crippen LogP contribution in [0.2, 0.25) is 0 Å². The van der Waals surface area contributed by atoms with Crippen molar-refractivity contribution in [2.75, 3.05) is 26.7 Å². The molecular weight excluding hydrogens is 254 g/mol. The van der Waals surface area contributed by atoms with E-state index >= 15 is 0 Å². The van der Waals surface area contributed by atoms with Crippen molar-refractivity contribution in [2.45, 2.75) is 39.5 Å². The Labute approximate surface area is 120 Å². The predicted octanol–water partition coefficient (Wildman–Crippen LogP) is 1.62. The second kappa shape index (κ2) is 7.26. The molecule has 0 unspecified atom stereocenters. The lowest BCUT2D eigenvalue weighted by Crippen LogP contribution is -2.45. The fraction of sp³-hybridized carbons (Fsp3) is 0.786. The van der Waals surface area contributed by atoms with Crippen LogP contribution in [0.4, 0.5) is 0 Å². The molecule has 112 valence electrons. The molecule has 0 aromatic carbocycles. The first-order chi connectivity index (χ1) is 9.69. The fourth-order valence-corrected chi connectivity index (χ4v) is 2.43. The molecule has 1 N–H and O–H groups in total. The van der Waals surface area contributed by atoms with E-state index < -0.39 is 0 Å². The summed E-state index contributed by atoms with van der Waals surface area (Å²) in [4.78, 5) is 10.9. The largest absolute Gasteiger partial charge is 0.356 e. The third-order valence-electron chi connectivity index (χ3n) is 3.72. The van der Waals surface area contributed by atoms with Crippen LogP contribution in [-0.2, 0) is 6.42 Å². The fourth-order valence-electron chi connectivity index (χ4n) is 2.43. The van der Waals surface area contributed by atoms with E-state index in [0.717, 1.165) is 44.4 Å². The van der Waals surface area contributed by atoms with E-state index in [2.05, 4.69) is 32.3 Å². The second-order valence-electron chi connectivity index (χ2n) is 5.48. The Morgan fingerprint density at radius 3 is 2.80 bits per heavy atom. The molecule has 0 amide bonds. The van der Waals surface area contributed by atoms with Gasteiger partial charge in [-0.2, -0.15) is 4.98 Å². The molecule has 0 saturated carbocycles. The highest BCUT2D eigenvalue weighted by Crippen LogP contribution is 2.15. The van der Waals surface area contributed by atoms with Crippen LogP contribution >= 0.6 is 0 Å². The highest BCUT2D eigenvalue weighted by atomic mass is 16.5. The van der Waals surface area contributed by atoms with Gasteiger partial charge in [-0.25, -0.2) is 0 Å². The Kier molecular flexibility index (Phi) is 5.38. The van der Waals surface area contributed by atoms with Crippen LogP contribution in [0.25, 0.3) is 0 Å². The van der Waals surface area contributed by atoms with Gasteiger partial charge in [-0.15, -0.1) is 0 Å². The molecule has 2 heterocycles. The first-order valence-corrected chi connectivity index (χ1v) is 7.44. The second-order valence-corrected chi connectivity index (χ2v) is 5.48. The third-order valence-corrected chi connectivity index (χ3v) is 3.72. The summed E-state index contributed by atoms with van der Waals surface area (Å²) in [5, 5.41) is 7.21. The van der Waals surface area contributed by atoms with E-state index in [1.54, 1.807) is 0 Å². The van der Waals surface area contributed by atoms with Gasteiger partial charge < -0.3 is 14.7 Å². The zero-order valence-electron chi connectivity index (χ0n) is 12.7. The Bertz CT molecular complexity index is 435. The van der Waals surface area contributed by atoms with Gasteiger partial charge in [0.25, 0.3) is 0 Å². The van der Waals surface area contributed by atoms with Gasteiger partial charge in [-0.05, 0) is 32.1 Å². The van der Waals surface area contributed by atoms with Gasteiger partial charge in [-0.3, -0.25) is 4.99 Å². The van der Waals surface area contributed by atoms with Crippen molar-refractivity contribution in [3.05, 3.63) is 11.7 Å². The molecule has 1 aromatic heterocycles. The minimum absolute atomic E-state index is 0.700. The zero-order chi connectivity index (χ0) is 14.4. The van der Waals surface area contributed by atoms with E-state index in [-0.39, 0.29) is 0 Å². The Hall–Kier alpha value is -1.59. The summed E-state index contributed by atoms with van der Waals surface area (Å²) in [5.74, 6) is 3.26. The predicted molar refractivity (Wildman–Crippen MR) is 78.7 cm³/mol. The van der Waals surface area contributed by atoms with E-state index in [9.17, 15) is 0 Å². The van der Waals surface area contributed by atoms with Crippen LogP contribution in [0.5, 0.6) is 0 Å². The number of piperidine rings is 1. The van der Waals surface area contributed by atoms with Crippen LogP contribution in [-0.4, -0.2) is 47.7 Å². The maximum Gasteiger partial charge on any atom is 0.226 e. The topological polar surface area (TPSA) is 66.5 Å². The Morgan fingerprint density at radius 2 is 2.20 bits per heavy atom. The summed E-state index contributed by atoms with van der Waals surface area (Å²) in [7, 11) is 1.85. The lowest BCUT2D eigenvalue weighted by atomic mass is 10.00. The maximum absolute atomic E-state index is 5.10. The van der Waals surface area contributed by atoms with E-state index in [0.29, 0.717) is 11.7 Å². The normalized spacial score (nSPS) is 17.6. The van der Waals surface area contributed by atoms with Crippen LogP contribution in [0, 0.1) is 12.8 Å². The van der Waals surface area contributed by atoms with Crippen LogP contribution in [0.3, 0.4) is 0 Å².